The Labute approximate surface area is 235 Å². The first-order valence-corrected chi connectivity index (χ1v) is 12.5. The summed E-state index contributed by atoms with van der Waals surface area (Å²) in [4.78, 5) is 43.1. The van der Waals surface area contributed by atoms with E-state index in [9.17, 15) is 14.9 Å². The summed E-state index contributed by atoms with van der Waals surface area (Å²) >= 11 is 0. The zero-order valence-electron chi connectivity index (χ0n) is 22.4. The number of esters is 1. The van der Waals surface area contributed by atoms with Crippen LogP contribution in [-0.2, 0) is 11.3 Å². The second-order valence-corrected chi connectivity index (χ2v) is 9.15. The van der Waals surface area contributed by atoms with Gasteiger partial charge in [0.1, 0.15) is 35.0 Å². The Kier molecular flexibility index (Phi) is 7.56. The van der Waals surface area contributed by atoms with E-state index < -0.39 is 5.97 Å². The van der Waals surface area contributed by atoms with Gasteiger partial charge in [-0.15, -0.1) is 0 Å². The van der Waals surface area contributed by atoms with Gasteiger partial charge in [0.25, 0.3) is 11.8 Å². The number of hydrogen-bond donors (Lipinski definition) is 1. The van der Waals surface area contributed by atoms with E-state index in [0.29, 0.717) is 22.7 Å². The second kappa shape index (κ2) is 11.5. The van der Waals surface area contributed by atoms with Crippen molar-refractivity contribution in [2.24, 2.45) is 0 Å². The lowest BCUT2D eigenvalue weighted by Crippen LogP contribution is -2.21. The number of aromatic nitrogens is 4. The van der Waals surface area contributed by atoms with Crippen LogP contribution < -0.4 is 9.47 Å². The smallest absolute Gasteiger partial charge is 0.342 e. The van der Waals surface area contributed by atoms with Crippen LogP contribution in [0.4, 0.5) is 0 Å². The van der Waals surface area contributed by atoms with Crippen LogP contribution in [0.2, 0.25) is 0 Å². The molecule has 5 rings (SSSR count). The first-order valence-electron chi connectivity index (χ1n) is 12.5. The highest BCUT2D eigenvalue weighted by Gasteiger charge is 2.20. The van der Waals surface area contributed by atoms with Gasteiger partial charge in [-0.3, -0.25) is 4.79 Å². The quantitative estimate of drug-likeness (QED) is 0.260. The van der Waals surface area contributed by atoms with Gasteiger partial charge < -0.3 is 24.1 Å². The summed E-state index contributed by atoms with van der Waals surface area (Å²) in [6, 6.07) is 22.1. The zero-order chi connectivity index (χ0) is 28.9. The molecule has 11 nitrogen and oxygen atoms in total. The number of nitrogens with one attached hydrogen (secondary N) is 1. The van der Waals surface area contributed by atoms with E-state index in [4.69, 9.17) is 14.2 Å². The van der Waals surface area contributed by atoms with E-state index in [-0.39, 0.29) is 46.9 Å². The van der Waals surface area contributed by atoms with Crippen LogP contribution in [-0.4, -0.2) is 50.8 Å². The third-order valence-electron chi connectivity index (χ3n) is 5.86. The van der Waals surface area contributed by atoms with E-state index in [2.05, 4.69) is 19.9 Å². The average Bonchev–Trinajstić information content (AvgIpc) is 3.36. The number of rotatable bonds is 8. The third kappa shape index (κ3) is 6.12. The molecule has 0 aliphatic carbocycles. The summed E-state index contributed by atoms with van der Waals surface area (Å²) in [6.45, 7) is 1.81. The van der Waals surface area contributed by atoms with Crippen LogP contribution in [0.15, 0.2) is 72.8 Å². The van der Waals surface area contributed by atoms with Crippen molar-refractivity contribution in [3.63, 3.8) is 0 Å². The van der Waals surface area contributed by atoms with Crippen LogP contribution in [0.25, 0.3) is 11.2 Å². The Bertz CT molecular complexity index is 1790. The van der Waals surface area contributed by atoms with E-state index in [1.54, 1.807) is 45.3 Å². The minimum atomic E-state index is -0.649. The zero-order valence-corrected chi connectivity index (χ0v) is 22.4. The molecule has 2 heterocycles. The molecule has 1 amide bonds. The number of amides is 1. The Balaban J connectivity index is 1.47. The van der Waals surface area contributed by atoms with Crippen LogP contribution in [0, 0.1) is 18.3 Å². The van der Waals surface area contributed by atoms with Crippen molar-refractivity contribution in [1.29, 1.82) is 5.26 Å². The van der Waals surface area contributed by atoms with Gasteiger partial charge >= 0.3 is 12.0 Å². The van der Waals surface area contributed by atoms with Crippen molar-refractivity contribution in [2.75, 3.05) is 14.1 Å². The molecule has 0 spiro atoms. The van der Waals surface area contributed by atoms with Crippen molar-refractivity contribution < 1.29 is 23.8 Å². The van der Waals surface area contributed by atoms with Gasteiger partial charge in [0.2, 0.25) is 0 Å². The number of carbonyl (C=O) groups is 2. The number of ether oxygens (including phenoxy) is 3. The molecule has 0 aliphatic rings. The molecule has 3 aromatic carbocycles. The molecule has 0 aliphatic heterocycles. The summed E-state index contributed by atoms with van der Waals surface area (Å²) in [5, 5.41) is 9.44. The molecule has 0 fully saturated rings. The van der Waals surface area contributed by atoms with Gasteiger partial charge in [0.15, 0.2) is 5.65 Å². The average molecular weight is 549 g/mol. The maximum atomic E-state index is 13.0. The third-order valence-corrected chi connectivity index (χ3v) is 5.86. The maximum absolute atomic E-state index is 13.0. The minimum absolute atomic E-state index is 0.0262. The van der Waals surface area contributed by atoms with Gasteiger partial charge in [0, 0.05) is 19.7 Å². The van der Waals surface area contributed by atoms with Crippen molar-refractivity contribution in [3.8, 4) is 29.5 Å². The molecule has 2 aromatic heterocycles. The van der Waals surface area contributed by atoms with Gasteiger partial charge in [-0.05, 0) is 48.9 Å². The Morgan fingerprint density at radius 3 is 2.51 bits per heavy atom. The first-order chi connectivity index (χ1) is 19.8. The number of nitrogens with zero attached hydrogens (tertiary/aromatic N) is 5. The first kappa shape index (κ1) is 26.8. The molecule has 0 saturated carbocycles. The molecule has 0 unspecified atom stereocenters. The Hall–Kier alpha value is -5.76. The number of aromatic amines is 1. The largest absolute Gasteiger partial charge is 0.457 e. The monoisotopic (exact) mass is 548 g/mol. The van der Waals surface area contributed by atoms with Crippen LogP contribution in [0.5, 0.6) is 23.4 Å². The summed E-state index contributed by atoms with van der Waals surface area (Å²) in [5.74, 6) is 0.192. The molecule has 5 aromatic rings. The van der Waals surface area contributed by atoms with Gasteiger partial charge in [-0.25, -0.2) is 9.78 Å². The second-order valence-electron chi connectivity index (χ2n) is 9.15. The molecule has 0 atom stereocenters. The molecule has 41 heavy (non-hydrogen) atoms. The molecule has 0 radical (unpaired) electrons. The lowest BCUT2D eigenvalue weighted by Gasteiger charge is -2.13. The Morgan fingerprint density at radius 1 is 0.951 bits per heavy atom. The number of imidazole rings is 1. The van der Waals surface area contributed by atoms with Gasteiger partial charge in [-0.1, -0.05) is 36.4 Å². The highest BCUT2D eigenvalue weighted by Crippen LogP contribution is 2.32. The van der Waals surface area contributed by atoms with Gasteiger partial charge in [-0.2, -0.15) is 15.2 Å². The Morgan fingerprint density at radius 2 is 1.76 bits per heavy atom. The SMILES string of the molecule is Cc1nc2nc(Oc3cc(C#N)ccc3C(=O)OCc3ccccc3)nc(Oc3cccc(C(=O)N(C)C)c3)c2[nH]1. The fourth-order valence-electron chi connectivity index (χ4n) is 3.89. The standard InChI is InChI=1S/C30H24N6O5/c1-18-32-25-26(33-18)34-30(35-27(25)40-22-11-7-10-21(15-22)28(37)36(2)3)41-24-14-20(16-31)12-13-23(24)29(38)39-17-19-8-5-4-6-9-19/h4-15H,17H2,1-3H3,(H,32,33,34,35). The number of H-pyrrole nitrogens is 1. The summed E-state index contributed by atoms with van der Waals surface area (Å²) in [5.41, 5.74) is 2.26. The van der Waals surface area contributed by atoms with Crippen molar-refractivity contribution >= 4 is 23.0 Å². The minimum Gasteiger partial charge on any atom is -0.457 e. The lowest BCUT2D eigenvalue weighted by atomic mass is 10.1. The predicted molar refractivity (Wildman–Crippen MR) is 148 cm³/mol. The lowest BCUT2D eigenvalue weighted by molar-refractivity contribution is 0.0469. The summed E-state index contributed by atoms with van der Waals surface area (Å²) < 4.78 is 17.5. The maximum Gasteiger partial charge on any atom is 0.342 e. The molecular weight excluding hydrogens is 524 g/mol. The number of hydrogen-bond acceptors (Lipinski definition) is 9. The fourth-order valence-corrected chi connectivity index (χ4v) is 3.89. The molecule has 0 bridgehead atoms. The van der Waals surface area contributed by atoms with Crippen molar-refractivity contribution in [1.82, 2.24) is 24.8 Å². The van der Waals surface area contributed by atoms with Crippen LogP contribution in [0.3, 0.4) is 0 Å². The number of fused-ring (bicyclic) bond motifs is 1. The summed E-state index contributed by atoms with van der Waals surface area (Å²) in [6.07, 6.45) is 0. The predicted octanol–water partition coefficient (Wildman–Crippen LogP) is 5.18. The highest BCUT2D eigenvalue weighted by molar-refractivity contribution is 5.94. The summed E-state index contributed by atoms with van der Waals surface area (Å²) in [7, 11) is 3.32. The number of aryl methyl sites for hydroxylation is 1. The van der Waals surface area contributed by atoms with Crippen LogP contribution >= 0.6 is 0 Å². The fraction of sp³-hybridized carbons (Fsp3) is 0.133. The molecule has 204 valence electrons. The number of benzene rings is 3. The van der Waals surface area contributed by atoms with E-state index >= 15 is 0 Å². The van der Waals surface area contributed by atoms with E-state index in [0.717, 1.165) is 5.56 Å². The van der Waals surface area contributed by atoms with Crippen molar-refractivity contribution in [2.45, 2.75) is 13.5 Å². The van der Waals surface area contributed by atoms with Crippen LogP contribution in [0.1, 0.15) is 37.7 Å². The molecule has 1 N–H and O–H groups in total. The highest BCUT2D eigenvalue weighted by atomic mass is 16.5. The molecule has 11 heteroatoms. The number of nitriles is 1. The number of carbonyl (C=O) groups excluding carboxylic acids is 2. The topological polar surface area (TPSA) is 143 Å². The van der Waals surface area contributed by atoms with E-state index in [1.165, 1.54) is 23.1 Å². The van der Waals surface area contributed by atoms with Crippen molar-refractivity contribution in [3.05, 3.63) is 101 Å². The molecule has 0 saturated heterocycles. The molecular formula is C30H24N6O5. The normalized spacial score (nSPS) is 10.6. The van der Waals surface area contributed by atoms with E-state index in [1.807, 2.05) is 36.4 Å². The van der Waals surface area contributed by atoms with Gasteiger partial charge in [0.05, 0.1) is 11.6 Å².